The van der Waals surface area contributed by atoms with Gasteiger partial charge in [-0.05, 0) is 23.8 Å². The van der Waals surface area contributed by atoms with Gasteiger partial charge < -0.3 is 9.88 Å². The number of piperazine rings is 1. The fourth-order valence-electron chi connectivity index (χ4n) is 3.74. The Morgan fingerprint density at radius 2 is 1.72 bits per heavy atom. The number of imidazole rings is 1. The molecule has 0 radical (unpaired) electrons. The number of carbonyl (C=O) groups excluding carboxylic acids is 1. The van der Waals surface area contributed by atoms with Gasteiger partial charge in [-0.25, -0.2) is 4.98 Å². The van der Waals surface area contributed by atoms with Gasteiger partial charge >= 0.3 is 0 Å². The number of benzene rings is 2. The van der Waals surface area contributed by atoms with Gasteiger partial charge in [0.05, 0.1) is 24.1 Å². The van der Waals surface area contributed by atoms with Crippen LogP contribution >= 0.6 is 11.6 Å². The van der Waals surface area contributed by atoms with Gasteiger partial charge in [-0.15, -0.1) is 0 Å². The molecule has 0 saturated carbocycles. The van der Waals surface area contributed by atoms with Crippen molar-refractivity contribution in [3.8, 4) is 0 Å². The summed E-state index contributed by atoms with van der Waals surface area (Å²) in [6.45, 7) is 5.34. The smallest absolute Gasteiger partial charge is 0.234 e. The predicted octanol–water partition coefficient (Wildman–Crippen LogP) is 2.66. The monoisotopic (exact) mass is 411 g/mol. The molecule has 0 aliphatic carbocycles. The maximum Gasteiger partial charge on any atom is 0.234 e. The molecule has 0 bridgehead atoms. The second kappa shape index (κ2) is 8.95. The quantitative estimate of drug-likeness (QED) is 0.677. The second-order valence-electron chi connectivity index (χ2n) is 7.50. The number of hydrogen-bond acceptors (Lipinski definition) is 4. The minimum absolute atomic E-state index is 0.0359. The Morgan fingerprint density at radius 3 is 2.48 bits per heavy atom. The molecule has 0 unspecified atom stereocenters. The van der Waals surface area contributed by atoms with Crippen LogP contribution in [0.4, 0.5) is 0 Å². The molecule has 0 atom stereocenters. The summed E-state index contributed by atoms with van der Waals surface area (Å²) in [4.78, 5) is 21.7. The minimum Gasteiger partial charge on any atom is -0.351 e. The molecule has 1 aliphatic heterocycles. The molecule has 29 heavy (non-hydrogen) atoms. The maximum absolute atomic E-state index is 12.3. The molecule has 2 heterocycles. The first-order valence-corrected chi connectivity index (χ1v) is 10.3. The zero-order chi connectivity index (χ0) is 20.2. The molecule has 1 amide bonds. The molecule has 1 fully saturated rings. The third-order valence-electron chi connectivity index (χ3n) is 5.51. The highest BCUT2D eigenvalue weighted by Crippen LogP contribution is 2.16. The average molecular weight is 412 g/mol. The molecular weight excluding hydrogens is 386 g/mol. The van der Waals surface area contributed by atoms with Crippen LogP contribution in [0.3, 0.4) is 0 Å². The van der Waals surface area contributed by atoms with E-state index in [1.54, 1.807) is 0 Å². The van der Waals surface area contributed by atoms with Gasteiger partial charge in [0.2, 0.25) is 5.91 Å². The van der Waals surface area contributed by atoms with Gasteiger partial charge in [0.25, 0.3) is 0 Å². The largest absolute Gasteiger partial charge is 0.351 e. The lowest BCUT2D eigenvalue weighted by Gasteiger charge is -2.34. The fraction of sp³-hybridized carbons (Fsp3) is 0.364. The third-order valence-corrected chi connectivity index (χ3v) is 5.88. The number of amides is 1. The fourth-order valence-corrected chi connectivity index (χ4v) is 3.94. The number of fused-ring (bicyclic) bond motifs is 1. The van der Waals surface area contributed by atoms with E-state index in [0.29, 0.717) is 18.1 Å². The van der Waals surface area contributed by atoms with E-state index in [1.165, 1.54) is 0 Å². The molecular formula is C22H26ClN5O. The van der Waals surface area contributed by atoms with Crippen LogP contribution in [0.25, 0.3) is 11.0 Å². The van der Waals surface area contributed by atoms with Crippen molar-refractivity contribution in [1.29, 1.82) is 0 Å². The Balaban J connectivity index is 1.24. The molecule has 1 saturated heterocycles. The summed E-state index contributed by atoms with van der Waals surface area (Å²) in [6, 6.07) is 15.8. The molecule has 1 aliphatic rings. The van der Waals surface area contributed by atoms with Crippen LogP contribution < -0.4 is 5.32 Å². The lowest BCUT2D eigenvalue weighted by molar-refractivity contribution is -0.122. The van der Waals surface area contributed by atoms with E-state index >= 15 is 0 Å². The van der Waals surface area contributed by atoms with Crippen molar-refractivity contribution in [1.82, 2.24) is 24.7 Å². The highest BCUT2D eigenvalue weighted by Gasteiger charge is 2.20. The van der Waals surface area contributed by atoms with Crippen molar-refractivity contribution in [2.45, 2.75) is 13.1 Å². The molecule has 6 nitrogen and oxygen atoms in total. The number of hydrogen-bond donors (Lipinski definition) is 1. The molecule has 7 heteroatoms. The number of halogens is 1. The number of nitrogens with zero attached hydrogens (tertiary/aromatic N) is 4. The van der Waals surface area contributed by atoms with Gasteiger partial charge in [0.1, 0.15) is 5.82 Å². The van der Waals surface area contributed by atoms with Crippen molar-refractivity contribution in [2.24, 2.45) is 7.05 Å². The van der Waals surface area contributed by atoms with E-state index in [1.807, 2.05) is 36.4 Å². The topological polar surface area (TPSA) is 53.4 Å². The van der Waals surface area contributed by atoms with Gasteiger partial charge in [-0.1, -0.05) is 41.9 Å². The van der Waals surface area contributed by atoms with Crippen molar-refractivity contribution in [3.63, 3.8) is 0 Å². The van der Waals surface area contributed by atoms with E-state index in [-0.39, 0.29) is 5.91 Å². The van der Waals surface area contributed by atoms with E-state index in [2.05, 4.69) is 38.9 Å². The summed E-state index contributed by atoms with van der Waals surface area (Å²) in [7, 11) is 2.07. The first-order valence-electron chi connectivity index (χ1n) is 9.95. The standard InChI is InChI=1S/C22H26ClN5O/c1-26-20-9-5-4-8-19(20)25-21(26)15-27-10-12-28(13-11-27)16-22(29)24-14-17-6-2-3-7-18(17)23/h2-9H,10-16H2,1H3,(H,24,29). The Hall–Kier alpha value is -2.41. The number of aromatic nitrogens is 2. The summed E-state index contributed by atoms with van der Waals surface area (Å²) in [5.41, 5.74) is 3.14. The second-order valence-corrected chi connectivity index (χ2v) is 7.90. The lowest BCUT2D eigenvalue weighted by Crippen LogP contribution is -2.49. The lowest BCUT2D eigenvalue weighted by atomic mass is 10.2. The van der Waals surface area contributed by atoms with Gasteiger partial charge in [-0.2, -0.15) is 0 Å². The molecule has 1 N–H and O–H groups in total. The van der Waals surface area contributed by atoms with Crippen molar-refractivity contribution in [3.05, 3.63) is 64.9 Å². The molecule has 0 spiro atoms. The SMILES string of the molecule is Cn1c(CN2CCN(CC(=O)NCc3ccccc3Cl)CC2)nc2ccccc21. The van der Waals surface area contributed by atoms with Gasteiger partial charge in [-0.3, -0.25) is 14.6 Å². The summed E-state index contributed by atoms with van der Waals surface area (Å²) in [5.74, 6) is 1.12. The maximum atomic E-state index is 12.3. The van der Waals surface area contributed by atoms with E-state index in [9.17, 15) is 4.79 Å². The molecule has 2 aromatic carbocycles. The Labute approximate surface area is 176 Å². The van der Waals surface area contributed by atoms with Crippen LogP contribution in [0.2, 0.25) is 5.02 Å². The van der Waals surface area contributed by atoms with Crippen LogP contribution in [0.5, 0.6) is 0 Å². The zero-order valence-electron chi connectivity index (χ0n) is 16.6. The van der Waals surface area contributed by atoms with Crippen LogP contribution in [-0.2, 0) is 24.9 Å². The van der Waals surface area contributed by atoms with Gasteiger partial charge in [0, 0.05) is 44.8 Å². The summed E-state index contributed by atoms with van der Waals surface area (Å²) >= 11 is 6.14. The number of nitrogens with one attached hydrogen (secondary N) is 1. The van der Waals surface area contributed by atoms with Crippen molar-refractivity contribution in [2.75, 3.05) is 32.7 Å². The highest BCUT2D eigenvalue weighted by atomic mass is 35.5. The molecule has 3 aromatic rings. The van der Waals surface area contributed by atoms with Crippen LogP contribution in [0.1, 0.15) is 11.4 Å². The number of aryl methyl sites for hydroxylation is 1. The summed E-state index contributed by atoms with van der Waals surface area (Å²) in [5, 5.41) is 3.65. The summed E-state index contributed by atoms with van der Waals surface area (Å²) in [6.07, 6.45) is 0. The number of para-hydroxylation sites is 2. The zero-order valence-corrected chi connectivity index (χ0v) is 17.4. The van der Waals surface area contributed by atoms with E-state index in [4.69, 9.17) is 16.6 Å². The molecule has 1 aromatic heterocycles. The van der Waals surface area contributed by atoms with Crippen LogP contribution in [0.15, 0.2) is 48.5 Å². The van der Waals surface area contributed by atoms with Gasteiger partial charge in [0.15, 0.2) is 0 Å². The predicted molar refractivity (Wildman–Crippen MR) is 116 cm³/mol. The first kappa shape index (κ1) is 19.9. The first-order chi connectivity index (χ1) is 14.1. The van der Waals surface area contributed by atoms with Crippen LogP contribution in [-0.4, -0.2) is 58.0 Å². The average Bonchev–Trinajstić information content (AvgIpc) is 3.04. The number of rotatable bonds is 6. The highest BCUT2D eigenvalue weighted by molar-refractivity contribution is 6.31. The van der Waals surface area contributed by atoms with Crippen molar-refractivity contribution < 1.29 is 4.79 Å². The van der Waals surface area contributed by atoms with E-state index in [0.717, 1.165) is 55.1 Å². The normalized spacial score (nSPS) is 15.7. The summed E-state index contributed by atoms with van der Waals surface area (Å²) < 4.78 is 2.17. The Morgan fingerprint density at radius 1 is 1.03 bits per heavy atom. The van der Waals surface area contributed by atoms with Crippen LogP contribution in [0, 0.1) is 0 Å². The Bertz CT molecular complexity index is 994. The third kappa shape index (κ3) is 4.78. The minimum atomic E-state index is 0.0359. The molecule has 152 valence electrons. The molecule has 4 rings (SSSR count). The van der Waals surface area contributed by atoms with E-state index < -0.39 is 0 Å². The van der Waals surface area contributed by atoms with Crippen molar-refractivity contribution >= 4 is 28.5 Å². The number of carbonyl (C=O) groups is 1. The Kier molecular flexibility index (Phi) is 6.13.